The molecule has 0 amide bonds. The summed E-state index contributed by atoms with van der Waals surface area (Å²) in [6.45, 7) is 7.83. The monoisotopic (exact) mass is 307 g/mol. The van der Waals surface area contributed by atoms with Gasteiger partial charge in [-0.1, -0.05) is 0 Å². The van der Waals surface area contributed by atoms with Crippen molar-refractivity contribution in [2.75, 3.05) is 33.0 Å². The van der Waals surface area contributed by atoms with Crippen LogP contribution in [0.5, 0.6) is 0 Å². The largest absolute Gasteiger partial charge is 0.381 e. The van der Waals surface area contributed by atoms with E-state index in [2.05, 4.69) is 28.0 Å². The van der Waals surface area contributed by atoms with E-state index in [4.69, 9.17) is 9.47 Å². The molecule has 1 N–H and O–H groups in total. The maximum absolute atomic E-state index is 5.55. The van der Waals surface area contributed by atoms with E-state index in [1.165, 1.54) is 18.7 Å². The first kappa shape index (κ1) is 16.0. The Hall–Kier alpha value is -0.910. The molecule has 22 heavy (non-hydrogen) atoms. The zero-order chi connectivity index (χ0) is 15.2. The van der Waals surface area contributed by atoms with E-state index in [1.807, 2.05) is 6.20 Å². The van der Waals surface area contributed by atoms with E-state index in [0.29, 0.717) is 12.0 Å². The number of hydrogen-bond donors (Lipinski definition) is 1. The zero-order valence-electron chi connectivity index (χ0n) is 13.7. The van der Waals surface area contributed by atoms with Crippen LogP contribution in [0.2, 0.25) is 0 Å². The third-order valence-electron chi connectivity index (χ3n) is 5.07. The first-order valence-electron chi connectivity index (χ1n) is 8.78. The molecular weight excluding hydrogens is 278 g/mol. The smallest absolute Gasteiger partial charge is 0.126 e. The highest BCUT2D eigenvalue weighted by atomic mass is 16.5. The SMILES string of the molecule is CCn1ccnc1C(NCC1CCOCC1)C1CCOCC1. The Bertz CT molecular complexity index is 437. The predicted molar refractivity (Wildman–Crippen MR) is 85.7 cm³/mol. The van der Waals surface area contributed by atoms with Crippen LogP contribution in [0, 0.1) is 11.8 Å². The summed E-state index contributed by atoms with van der Waals surface area (Å²) in [5.41, 5.74) is 0. The molecule has 2 saturated heterocycles. The predicted octanol–water partition coefficient (Wildman–Crippen LogP) is 2.39. The van der Waals surface area contributed by atoms with Gasteiger partial charge in [-0.3, -0.25) is 0 Å². The van der Waals surface area contributed by atoms with Crippen LogP contribution in [-0.2, 0) is 16.0 Å². The molecule has 1 atom stereocenters. The lowest BCUT2D eigenvalue weighted by molar-refractivity contribution is 0.0457. The molecule has 2 aliphatic heterocycles. The third kappa shape index (κ3) is 3.89. The molecule has 0 aliphatic carbocycles. The van der Waals surface area contributed by atoms with Crippen molar-refractivity contribution in [3.05, 3.63) is 18.2 Å². The normalized spacial score (nSPS) is 22.8. The second kappa shape index (κ2) is 8.09. The Morgan fingerprint density at radius 3 is 2.55 bits per heavy atom. The highest BCUT2D eigenvalue weighted by Crippen LogP contribution is 2.30. The van der Waals surface area contributed by atoms with Gasteiger partial charge in [-0.05, 0) is 51.0 Å². The molecule has 3 heterocycles. The molecular formula is C17H29N3O2. The molecule has 1 unspecified atom stereocenters. The minimum Gasteiger partial charge on any atom is -0.381 e. The summed E-state index contributed by atoms with van der Waals surface area (Å²) >= 11 is 0. The fourth-order valence-corrected chi connectivity index (χ4v) is 3.63. The number of imidazole rings is 1. The Morgan fingerprint density at radius 2 is 1.86 bits per heavy atom. The van der Waals surface area contributed by atoms with E-state index >= 15 is 0 Å². The van der Waals surface area contributed by atoms with Crippen molar-refractivity contribution >= 4 is 0 Å². The van der Waals surface area contributed by atoms with Crippen molar-refractivity contribution in [2.24, 2.45) is 11.8 Å². The Morgan fingerprint density at radius 1 is 1.18 bits per heavy atom. The van der Waals surface area contributed by atoms with Gasteiger partial charge >= 0.3 is 0 Å². The third-order valence-corrected chi connectivity index (χ3v) is 5.07. The molecule has 124 valence electrons. The second-order valence-corrected chi connectivity index (χ2v) is 6.46. The summed E-state index contributed by atoms with van der Waals surface area (Å²) in [5.74, 6) is 2.56. The Labute approximate surface area is 133 Å². The molecule has 0 radical (unpaired) electrons. The Kier molecular flexibility index (Phi) is 5.87. The summed E-state index contributed by atoms with van der Waals surface area (Å²) in [4.78, 5) is 4.66. The van der Waals surface area contributed by atoms with Crippen LogP contribution in [0.4, 0.5) is 0 Å². The second-order valence-electron chi connectivity index (χ2n) is 6.46. The molecule has 1 aromatic heterocycles. The maximum Gasteiger partial charge on any atom is 0.126 e. The van der Waals surface area contributed by atoms with Crippen LogP contribution < -0.4 is 5.32 Å². The summed E-state index contributed by atoms with van der Waals surface area (Å²) < 4.78 is 13.3. The van der Waals surface area contributed by atoms with Crippen LogP contribution in [0.3, 0.4) is 0 Å². The van der Waals surface area contributed by atoms with E-state index in [9.17, 15) is 0 Å². The topological polar surface area (TPSA) is 48.3 Å². The molecule has 1 aromatic rings. The highest BCUT2D eigenvalue weighted by Gasteiger charge is 2.29. The molecule has 3 rings (SSSR count). The van der Waals surface area contributed by atoms with Gasteiger partial charge in [0.05, 0.1) is 6.04 Å². The lowest BCUT2D eigenvalue weighted by atomic mass is 9.90. The van der Waals surface area contributed by atoms with Gasteiger partial charge in [-0.25, -0.2) is 4.98 Å². The van der Waals surface area contributed by atoms with Crippen LogP contribution >= 0.6 is 0 Å². The molecule has 0 bridgehead atoms. The van der Waals surface area contributed by atoms with Crippen molar-refractivity contribution < 1.29 is 9.47 Å². The summed E-state index contributed by atoms with van der Waals surface area (Å²) in [6.07, 6.45) is 8.63. The minimum atomic E-state index is 0.349. The average Bonchev–Trinajstić information content (AvgIpc) is 3.05. The van der Waals surface area contributed by atoms with Gasteiger partial charge in [-0.15, -0.1) is 0 Å². The van der Waals surface area contributed by atoms with Crippen molar-refractivity contribution in [1.29, 1.82) is 0 Å². The standard InChI is InChI=1S/C17H29N3O2/c1-2-20-8-7-18-17(20)16(15-5-11-22-12-6-15)19-13-14-3-9-21-10-4-14/h7-8,14-16,19H,2-6,9-13H2,1H3. The molecule has 0 spiro atoms. The van der Waals surface area contributed by atoms with Crippen LogP contribution in [0.25, 0.3) is 0 Å². The maximum atomic E-state index is 5.55. The summed E-state index contributed by atoms with van der Waals surface area (Å²) in [6, 6.07) is 0.349. The van der Waals surface area contributed by atoms with Gasteiger partial charge in [0.25, 0.3) is 0 Å². The average molecular weight is 307 g/mol. The lowest BCUT2D eigenvalue weighted by Crippen LogP contribution is -2.37. The van der Waals surface area contributed by atoms with Gasteiger partial charge in [-0.2, -0.15) is 0 Å². The number of aromatic nitrogens is 2. The number of nitrogens with one attached hydrogen (secondary N) is 1. The van der Waals surface area contributed by atoms with Crippen LogP contribution in [0.15, 0.2) is 12.4 Å². The van der Waals surface area contributed by atoms with Crippen molar-refractivity contribution in [3.63, 3.8) is 0 Å². The summed E-state index contributed by atoms with van der Waals surface area (Å²) in [5, 5.41) is 3.84. The molecule has 2 aliphatic rings. The van der Waals surface area contributed by atoms with E-state index in [0.717, 1.165) is 58.3 Å². The highest BCUT2D eigenvalue weighted by molar-refractivity contribution is 5.02. The fourth-order valence-electron chi connectivity index (χ4n) is 3.63. The first-order valence-corrected chi connectivity index (χ1v) is 8.78. The first-order chi connectivity index (χ1) is 10.9. The van der Waals surface area contributed by atoms with E-state index < -0.39 is 0 Å². The van der Waals surface area contributed by atoms with E-state index in [-0.39, 0.29) is 0 Å². The van der Waals surface area contributed by atoms with Crippen LogP contribution in [-0.4, -0.2) is 42.5 Å². The lowest BCUT2D eigenvalue weighted by Gasteiger charge is -2.33. The molecule has 5 heteroatoms. The van der Waals surface area contributed by atoms with Gasteiger partial charge in [0.15, 0.2) is 0 Å². The number of hydrogen-bond acceptors (Lipinski definition) is 4. The summed E-state index contributed by atoms with van der Waals surface area (Å²) in [7, 11) is 0. The van der Waals surface area contributed by atoms with Crippen molar-refractivity contribution in [3.8, 4) is 0 Å². The molecule has 0 saturated carbocycles. The molecule has 5 nitrogen and oxygen atoms in total. The van der Waals surface area contributed by atoms with Gasteiger partial charge in [0.1, 0.15) is 5.82 Å². The van der Waals surface area contributed by atoms with Crippen LogP contribution in [0.1, 0.15) is 44.5 Å². The zero-order valence-corrected chi connectivity index (χ0v) is 13.7. The number of aryl methyl sites for hydroxylation is 1. The molecule has 0 aromatic carbocycles. The number of rotatable bonds is 6. The quantitative estimate of drug-likeness (QED) is 0.876. The van der Waals surface area contributed by atoms with Crippen molar-refractivity contribution in [2.45, 2.75) is 45.2 Å². The number of ether oxygens (including phenoxy) is 2. The Balaban J connectivity index is 1.67. The van der Waals surface area contributed by atoms with Gasteiger partial charge in [0.2, 0.25) is 0 Å². The van der Waals surface area contributed by atoms with E-state index in [1.54, 1.807) is 0 Å². The van der Waals surface area contributed by atoms with Gasteiger partial charge in [0, 0.05) is 45.4 Å². The van der Waals surface area contributed by atoms with Crippen molar-refractivity contribution in [1.82, 2.24) is 14.9 Å². The van der Waals surface area contributed by atoms with Gasteiger partial charge < -0.3 is 19.4 Å². The fraction of sp³-hybridized carbons (Fsp3) is 0.824. The molecule has 2 fully saturated rings. The number of nitrogens with zero attached hydrogens (tertiary/aromatic N) is 2. The minimum absolute atomic E-state index is 0.349.